The van der Waals surface area contributed by atoms with Crippen molar-refractivity contribution >= 4 is 0 Å². The molecule has 0 aromatic heterocycles. The molecule has 0 spiro atoms. The number of halogens is 1. The van der Waals surface area contributed by atoms with Crippen LogP contribution in [0.15, 0.2) is 30.3 Å². The zero-order valence-corrected chi connectivity index (χ0v) is 8.82. The van der Waals surface area contributed by atoms with Crippen molar-refractivity contribution in [3.63, 3.8) is 0 Å². The van der Waals surface area contributed by atoms with Gasteiger partial charge in [-0.15, -0.1) is 0 Å². The molecule has 1 fully saturated rings. The molecule has 1 saturated heterocycles. The first-order chi connectivity index (χ1) is 7.34. The Balaban J connectivity index is 1.93. The predicted octanol–water partition coefficient (Wildman–Crippen LogP) is 1.43. The third-order valence-electron chi connectivity index (χ3n) is 2.68. The molecule has 82 valence electrons. The highest BCUT2D eigenvalue weighted by Crippen LogP contribution is 2.07. The number of benzene rings is 1. The molecule has 3 heteroatoms. The smallest absolute Gasteiger partial charge is 0.125 e. The van der Waals surface area contributed by atoms with Crippen LogP contribution in [-0.4, -0.2) is 37.3 Å². The van der Waals surface area contributed by atoms with Crippen molar-refractivity contribution in [3.8, 4) is 0 Å². The van der Waals surface area contributed by atoms with Crippen molar-refractivity contribution in [1.82, 2.24) is 10.2 Å². The molecule has 2 rings (SSSR count). The van der Waals surface area contributed by atoms with Gasteiger partial charge in [-0.05, 0) is 5.56 Å². The molecular weight excluding hydrogens is 191 g/mol. The molecular formula is C12H17FN2. The molecule has 1 N–H and O–H groups in total. The maximum absolute atomic E-state index is 13.3. The molecule has 1 unspecified atom stereocenters. The molecule has 0 aliphatic carbocycles. The van der Waals surface area contributed by atoms with Gasteiger partial charge in [-0.3, -0.25) is 4.90 Å². The summed E-state index contributed by atoms with van der Waals surface area (Å²) in [5.74, 6) is 0. The van der Waals surface area contributed by atoms with Crippen LogP contribution < -0.4 is 5.32 Å². The minimum absolute atomic E-state index is 0.491. The van der Waals surface area contributed by atoms with E-state index in [1.54, 1.807) is 0 Å². The van der Waals surface area contributed by atoms with Gasteiger partial charge in [0.15, 0.2) is 0 Å². The van der Waals surface area contributed by atoms with Gasteiger partial charge in [-0.1, -0.05) is 30.3 Å². The van der Waals surface area contributed by atoms with E-state index in [0.717, 1.165) is 19.6 Å². The van der Waals surface area contributed by atoms with Crippen LogP contribution in [0.5, 0.6) is 0 Å². The van der Waals surface area contributed by atoms with Crippen LogP contribution in [0.2, 0.25) is 0 Å². The van der Waals surface area contributed by atoms with E-state index in [4.69, 9.17) is 0 Å². The zero-order valence-electron chi connectivity index (χ0n) is 8.82. The molecule has 1 heterocycles. The van der Waals surface area contributed by atoms with E-state index in [2.05, 4.69) is 22.3 Å². The van der Waals surface area contributed by atoms with Crippen molar-refractivity contribution in [2.45, 2.75) is 12.7 Å². The first-order valence-corrected chi connectivity index (χ1v) is 5.45. The highest BCUT2D eigenvalue weighted by atomic mass is 19.1. The van der Waals surface area contributed by atoms with Gasteiger partial charge in [-0.25, -0.2) is 4.39 Å². The van der Waals surface area contributed by atoms with Crippen molar-refractivity contribution in [2.75, 3.05) is 26.2 Å². The predicted molar refractivity (Wildman–Crippen MR) is 59.5 cm³/mol. The maximum atomic E-state index is 13.3. The van der Waals surface area contributed by atoms with E-state index >= 15 is 0 Å². The molecule has 1 aliphatic rings. The van der Waals surface area contributed by atoms with E-state index in [-0.39, 0.29) is 0 Å². The van der Waals surface area contributed by atoms with Crippen LogP contribution >= 0.6 is 0 Å². The molecule has 1 atom stereocenters. The van der Waals surface area contributed by atoms with Crippen molar-refractivity contribution in [2.24, 2.45) is 0 Å². The van der Waals surface area contributed by atoms with Gasteiger partial charge in [0.1, 0.15) is 6.17 Å². The summed E-state index contributed by atoms with van der Waals surface area (Å²) in [6, 6.07) is 10.2. The number of alkyl halides is 1. The van der Waals surface area contributed by atoms with Crippen LogP contribution in [0.1, 0.15) is 5.56 Å². The molecule has 15 heavy (non-hydrogen) atoms. The van der Waals surface area contributed by atoms with Crippen LogP contribution in [0.4, 0.5) is 4.39 Å². The Hall–Kier alpha value is -0.930. The summed E-state index contributed by atoms with van der Waals surface area (Å²) >= 11 is 0. The Morgan fingerprint density at radius 2 is 2.13 bits per heavy atom. The summed E-state index contributed by atoms with van der Waals surface area (Å²) in [5, 5.41) is 3.10. The van der Waals surface area contributed by atoms with Gasteiger partial charge in [0, 0.05) is 32.7 Å². The summed E-state index contributed by atoms with van der Waals surface area (Å²) in [6.07, 6.45) is -0.740. The summed E-state index contributed by atoms with van der Waals surface area (Å²) in [6.45, 7) is 3.69. The lowest BCUT2D eigenvalue weighted by atomic mass is 10.2. The standard InChI is InChI=1S/C12H17FN2/c13-12-8-14-6-7-15(10-12)9-11-4-2-1-3-5-11/h1-5,12,14H,6-10H2. The number of hydrogen-bond acceptors (Lipinski definition) is 2. The topological polar surface area (TPSA) is 15.3 Å². The first kappa shape index (κ1) is 10.6. The Morgan fingerprint density at radius 1 is 1.33 bits per heavy atom. The van der Waals surface area contributed by atoms with Crippen molar-refractivity contribution in [1.29, 1.82) is 0 Å². The normalized spacial score (nSPS) is 23.7. The van der Waals surface area contributed by atoms with Crippen molar-refractivity contribution < 1.29 is 4.39 Å². The highest BCUT2D eigenvalue weighted by Gasteiger charge is 2.16. The fraction of sp³-hybridized carbons (Fsp3) is 0.500. The van der Waals surface area contributed by atoms with Gasteiger partial charge in [0.05, 0.1) is 0 Å². The fourth-order valence-corrected chi connectivity index (χ4v) is 1.92. The zero-order chi connectivity index (χ0) is 10.5. The molecule has 2 nitrogen and oxygen atoms in total. The third-order valence-corrected chi connectivity index (χ3v) is 2.68. The highest BCUT2D eigenvalue weighted by molar-refractivity contribution is 5.14. The molecule has 1 aromatic carbocycles. The minimum atomic E-state index is -0.740. The SMILES string of the molecule is FC1CNCCN(Cc2ccccc2)C1. The summed E-state index contributed by atoms with van der Waals surface area (Å²) in [5.41, 5.74) is 1.26. The molecule has 1 aliphatic heterocycles. The van der Waals surface area contributed by atoms with E-state index < -0.39 is 6.17 Å². The Kier molecular flexibility index (Phi) is 3.69. The van der Waals surface area contributed by atoms with Crippen LogP contribution in [0.25, 0.3) is 0 Å². The molecule has 0 radical (unpaired) electrons. The molecule has 0 saturated carbocycles. The van der Waals surface area contributed by atoms with Crippen LogP contribution in [-0.2, 0) is 6.54 Å². The largest absolute Gasteiger partial charge is 0.313 e. The Labute approximate surface area is 90.1 Å². The summed E-state index contributed by atoms with van der Waals surface area (Å²) in [4.78, 5) is 2.17. The lowest BCUT2D eigenvalue weighted by molar-refractivity contribution is 0.210. The van der Waals surface area contributed by atoms with E-state index in [1.165, 1.54) is 5.56 Å². The van der Waals surface area contributed by atoms with Crippen molar-refractivity contribution in [3.05, 3.63) is 35.9 Å². The summed E-state index contributed by atoms with van der Waals surface area (Å²) in [7, 11) is 0. The number of hydrogen-bond donors (Lipinski definition) is 1. The lowest BCUT2D eigenvalue weighted by Crippen LogP contribution is -2.30. The second kappa shape index (κ2) is 5.24. The quantitative estimate of drug-likeness (QED) is 0.791. The lowest BCUT2D eigenvalue weighted by Gasteiger charge is -2.20. The van der Waals surface area contributed by atoms with E-state index in [1.807, 2.05) is 18.2 Å². The monoisotopic (exact) mass is 208 g/mol. The Morgan fingerprint density at radius 3 is 2.93 bits per heavy atom. The van der Waals surface area contributed by atoms with Gasteiger partial charge in [-0.2, -0.15) is 0 Å². The first-order valence-electron chi connectivity index (χ1n) is 5.45. The average Bonchev–Trinajstić information content (AvgIpc) is 2.44. The number of rotatable bonds is 2. The summed E-state index contributed by atoms with van der Waals surface area (Å²) < 4.78 is 13.3. The van der Waals surface area contributed by atoms with E-state index in [0.29, 0.717) is 13.1 Å². The van der Waals surface area contributed by atoms with Gasteiger partial charge < -0.3 is 5.32 Å². The van der Waals surface area contributed by atoms with Crippen LogP contribution in [0, 0.1) is 0 Å². The van der Waals surface area contributed by atoms with E-state index in [9.17, 15) is 4.39 Å². The van der Waals surface area contributed by atoms with Gasteiger partial charge in [0.25, 0.3) is 0 Å². The Bertz CT molecular complexity index is 289. The van der Waals surface area contributed by atoms with Gasteiger partial charge in [0.2, 0.25) is 0 Å². The molecule has 0 amide bonds. The molecule has 1 aromatic rings. The molecule has 0 bridgehead atoms. The number of nitrogens with one attached hydrogen (secondary N) is 1. The maximum Gasteiger partial charge on any atom is 0.125 e. The second-order valence-electron chi connectivity index (χ2n) is 4.02. The van der Waals surface area contributed by atoms with Gasteiger partial charge >= 0.3 is 0 Å². The third kappa shape index (κ3) is 3.29. The minimum Gasteiger partial charge on any atom is -0.313 e. The van der Waals surface area contributed by atoms with Crippen LogP contribution in [0.3, 0.4) is 0 Å². The fourth-order valence-electron chi connectivity index (χ4n) is 1.92. The second-order valence-corrected chi connectivity index (χ2v) is 4.02. The number of nitrogens with zero attached hydrogens (tertiary/aromatic N) is 1. The average molecular weight is 208 g/mol.